The van der Waals surface area contributed by atoms with Crippen molar-refractivity contribution >= 4 is 5.69 Å². The van der Waals surface area contributed by atoms with Gasteiger partial charge in [0, 0.05) is 31.9 Å². The first-order valence-electron chi connectivity index (χ1n) is 8.30. The van der Waals surface area contributed by atoms with E-state index in [1.54, 1.807) is 0 Å². The fourth-order valence-corrected chi connectivity index (χ4v) is 3.10. The second-order valence-electron chi connectivity index (χ2n) is 6.67. The molecule has 0 bridgehead atoms. The van der Waals surface area contributed by atoms with E-state index in [-0.39, 0.29) is 18.3 Å². The molecule has 0 saturated carbocycles. The van der Waals surface area contributed by atoms with Crippen molar-refractivity contribution in [3.8, 4) is 0 Å². The number of para-hydroxylation sites is 1. The van der Waals surface area contributed by atoms with Gasteiger partial charge in [-0.05, 0) is 45.9 Å². The van der Waals surface area contributed by atoms with Gasteiger partial charge in [0.2, 0.25) is 0 Å². The predicted molar refractivity (Wildman–Crippen MR) is 91.3 cm³/mol. The molecule has 0 radical (unpaired) electrons. The molecular formula is C18H30N2O2. The zero-order chi connectivity index (χ0) is 16.1. The molecule has 1 saturated heterocycles. The number of hydrogen-bond donors (Lipinski definition) is 1. The molecule has 1 aliphatic rings. The summed E-state index contributed by atoms with van der Waals surface area (Å²) in [6, 6.07) is 8.63. The van der Waals surface area contributed by atoms with Gasteiger partial charge in [-0.3, -0.25) is 0 Å². The number of anilines is 1. The average molecular weight is 306 g/mol. The minimum atomic E-state index is -0.237. The van der Waals surface area contributed by atoms with E-state index in [2.05, 4.69) is 55.0 Å². The fraction of sp³-hybridized carbons (Fsp3) is 0.667. The van der Waals surface area contributed by atoms with Crippen LogP contribution in [0.1, 0.15) is 32.8 Å². The number of rotatable bonds is 6. The molecule has 3 atom stereocenters. The lowest BCUT2D eigenvalue weighted by molar-refractivity contribution is -0.00529. The largest absolute Gasteiger partial charge is 0.393 e. The molecule has 1 fully saturated rings. The van der Waals surface area contributed by atoms with Crippen molar-refractivity contribution in [1.82, 2.24) is 4.90 Å². The van der Waals surface area contributed by atoms with Crippen LogP contribution in [0.2, 0.25) is 0 Å². The number of morpholine rings is 1. The van der Waals surface area contributed by atoms with Gasteiger partial charge in [0.05, 0.1) is 18.3 Å². The van der Waals surface area contributed by atoms with Crippen molar-refractivity contribution in [3.05, 3.63) is 29.8 Å². The molecule has 124 valence electrons. The van der Waals surface area contributed by atoms with E-state index in [1.807, 2.05) is 6.92 Å². The van der Waals surface area contributed by atoms with E-state index in [0.717, 1.165) is 32.6 Å². The van der Waals surface area contributed by atoms with Crippen molar-refractivity contribution in [2.45, 2.75) is 52.0 Å². The summed E-state index contributed by atoms with van der Waals surface area (Å²) in [5.41, 5.74) is 2.66. The highest BCUT2D eigenvalue weighted by atomic mass is 16.5. The Bertz CT molecular complexity index is 454. The Balaban J connectivity index is 2.06. The second-order valence-corrected chi connectivity index (χ2v) is 6.67. The third kappa shape index (κ3) is 4.97. The van der Waals surface area contributed by atoms with E-state index in [9.17, 15) is 5.11 Å². The minimum absolute atomic E-state index is 0.237. The molecule has 0 spiro atoms. The van der Waals surface area contributed by atoms with Crippen LogP contribution in [-0.4, -0.2) is 55.0 Å². The van der Waals surface area contributed by atoms with E-state index < -0.39 is 0 Å². The van der Waals surface area contributed by atoms with Crippen LogP contribution in [0.15, 0.2) is 24.3 Å². The quantitative estimate of drug-likeness (QED) is 0.876. The highest BCUT2D eigenvalue weighted by molar-refractivity contribution is 5.54. The maximum Gasteiger partial charge on any atom is 0.0726 e. The molecule has 1 heterocycles. The van der Waals surface area contributed by atoms with Gasteiger partial charge in [-0.15, -0.1) is 0 Å². The topological polar surface area (TPSA) is 35.9 Å². The molecular weight excluding hydrogens is 276 g/mol. The van der Waals surface area contributed by atoms with Crippen LogP contribution in [0.3, 0.4) is 0 Å². The highest BCUT2D eigenvalue weighted by Gasteiger charge is 2.23. The van der Waals surface area contributed by atoms with Crippen molar-refractivity contribution < 1.29 is 9.84 Å². The van der Waals surface area contributed by atoms with E-state index >= 15 is 0 Å². The Labute approximate surface area is 134 Å². The summed E-state index contributed by atoms with van der Waals surface area (Å²) in [6.45, 7) is 9.82. The normalized spacial score (nSPS) is 23.8. The molecule has 1 N–H and O–H groups in total. The highest BCUT2D eigenvalue weighted by Crippen LogP contribution is 2.25. The molecule has 4 nitrogen and oxygen atoms in total. The average Bonchev–Trinajstić information content (AvgIpc) is 2.44. The van der Waals surface area contributed by atoms with E-state index in [4.69, 9.17) is 4.74 Å². The van der Waals surface area contributed by atoms with Crippen molar-refractivity contribution in [1.29, 1.82) is 0 Å². The molecule has 1 aromatic rings. The maximum atomic E-state index is 9.44. The van der Waals surface area contributed by atoms with E-state index in [1.165, 1.54) is 11.3 Å². The molecule has 1 aliphatic heterocycles. The lowest BCUT2D eigenvalue weighted by atomic mass is 10.1. The summed E-state index contributed by atoms with van der Waals surface area (Å²) < 4.78 is 5.84. The smallest absolute Gasteiger partial charge is 0.0726 e. The summed E-state index contributed by atoms with van der Waals surface area (Å²) in [5.74, 6) is 0. The van der Waals surface area contributed by atoms with Gasteiger partial charge >= 0.3 is 0 Å². The van der Waals surface area contributed by atoms with Crippen LogP contribution in [0.25, 0.3) is 0 Å². The minimum Gasteiger partial charge on any atom is -0.393 e. The fourth-order valence-electron chi connectivity index (χ4n) is 3.10. The zero-order valence-electron chi connectivity index (χ0n) is 14.3. The lowest BCUT2D eigenvalue weighted by Gasteiger charge is -2.38. The van der Waals surface area contributed by atoms with Crippen LogP contribution in [0, 0.1) is 0 Å². The van der Waals surface area contributed by atoms with Gasteiger partial charge in [-0.2, -0.15) is 0 Å². The number of aliphatic hydroxyl groups is 1. The standard InChI is InChI=1S/C18H30N2O2/c1-14(21)9-10-19(4)13-17-7-5-6-8-18(17)20-11-15(2)22-16(3)12-20/h5-8,14-16,21H,9-13H2,1-4H3. The van der Waals surface area contributed by atoms with Crippen LogP contribution < -0.4 is 4.90 Å². The molecule has 0 amide bonds. The monoisotopic (exact) mass is 306 g/mol. The van der Waals surface area contributed by atoms with Crippen LogP contribution in [0.5, 0.6) is 0 Å². The molecule has 1 aromatic carbocycles. The molecule has 0 aromatic heterocycles. The summed E-state index contributed by atoms with van der Waals surface area (Å²) in [6.07, 6.45) is 1.11. The first-order chi connectivity index (χ1) is 10.5. The molecule has 4 heteroatoms. The van der Waals surface area contributed by atoms with Gasteiger partial charge < -0.3 is 19.6 Å². The zero-order valence-corrected chi connectivity index (χ0v) is 14.3. The number of ether oxygens (including phenoxy) is 1. The third-order valence-corrected chi connectivity index (χ3v) is 4.12. The third-order valence-electron chi connectivity index (χ3n) is 4.12. The first kappa shape index (κ1) is 17.3. The first-order valence-corrected chi connectivity index (χ1v) is 8.30. The molecule has 22 heavy (non-hydrogen) atoms. The number of hydrogen-bond acceptors (Lipinski definition) is 4. The van der Waals surface area contributed by atoms with Crippen LogP contribution in [0.4, 0.5) is 5.69 Å². The maximum absolute atomic E-state index is 9.44. The van der Waals surface area contributed by atoms with Crippen LogP contribution >= 0.6 is 0 Å². The van der Waals surface area contributed by atoms with Gasteiger partial charge in [0.25, 0.3) is 0 Å². The summed E-state index contributed by atoms with van der Waals surface area (Å²) in [7, 11) is 2.11. The Morgan fingerprint density at radius 3 is 2.55 bits per heavy atom. The molecule has 0 aliphatic carbocycles. The number of benzene rings is 1. The van der Waals surface area contributed by atoms with Gasteiger partial charge in [0.1, 0.15) is 0 Å². The van der Waals surface area contributed by atoms with Gasteiger partial charge in [0.15, 0.2) is 0 Å². The Kier molecular flexibility index (Phi) is 6.24. The summed E-state index contributed by atoms with van der Waals surface area (Å²) in [5, 5.41) is 9.44. The van der Waals surface area contributed by atoms with Crippen LogP contribution in [-0.2, 0) is 11.3 Å². The Morgan fingerprint density at radius 1 is 1.27 bits per heavy atom. The van der Waals surface area contributed by atoms with Gasteiger partial charge in [-0.25, -0.2) is 0 Å². The van der Waals surface area contributed by atoms with E-state index in [0.29, 0.717) is 0 Å². The Morgan fingerprint density at radius 2 is 1.91 bits per heavy atom. The predicted octanol–water partition coefficient (Wildman–Crippen LogP) is 2.50. The van der Waals surface area contributed by atoms with Crippen molar-refractivity contribution in [2.24, 2.45) is 0 Å². The molecule has 2 rings (SSSR count). The van der Waals surface area contributed by atoms with Crippen molar-refractivity contribution in [3.63, 3.8) is 0 Å². The summed E-state index contributed by atoms with van der Waals surface area (Å²) >= 11 is 0. The molecule has 3 unspecified atom stereocenters. The lowest BCUT2D eigenvalue weighted by Crippen LogP contribution is -2.46. The van der Waals surface area contributed by atoms with Crippen molar-refractivity contribution in [2.75, 3.05) is 31.6 Å². The number of aliphatic hydroxyl groups excluding tert-OH is 1. The van der Waals surface area contributed by atoms with Gasteiger partial charge in [-0.1, -0.05) is 18.2 Å². The summed E-state index contributed by atoms with van der Waals surface area (Å²) in [4.78, 5) is 4.72. The SMILES string of the molecule is CC(O)CCN(C)Cc1ccccc1N1CC(C)OC(C)C1. The second kappa shape index (κ2) is 7.95. The number of nitrogens with zero attached hydrogens (tertiary/aromatic N) is 2. The Hall–Kier alpha value is -1.10.